The number of nitrogens with one attached hydrogen (secondary N) is 2. The van der Waals surface area contributed by atoms with E-state index in [1.807, 2.05) is 6.07 Å². The average Bonchev–Trinajstić information content (AvgIpc) is 2.86. The molecule has 0 bridgehead atoms. The van der Waals surface area contributed by atoms with Gasteiger partial charge in [0.25, 0.3) is 11.5 Å². The van der Waals surface area contributed by atoms with E-state index in [4.69, 9.17) is 5.11 Å². The topological polar surface area (TPSA) is 65.1 Å². The molecular formula is C15H14F6N2O2. The molecule has 0 unspecified atom stereocenters. The third-order valence-electron chi connectivity index (χ3n) is 3.78. The van der Waals surface area contributed by atoms with Crippen molar-refractivity contribution in [1.82, 2.24) is 10.3 Å². The van der Waals surface area contributed by atoms with Crippen molar-refractivity contribution in [2.24, 2.45) is 0 Å². The Hall–Kier alpha value is -2.23. The van der Waals surface area contributed by atoms with Gasteiger partial charge in [-0.05, 0) is 37.1 Å². The summed E-state index contributed by atoms with van der Waals surface area (Å²) < 4.78 is 75.5. The quantitative estimate of drug-likeness (QED) is 0.728. The molecule has 4 nitrogen and oxygen atoms in total. The number of aliphatic hydroxyl groups is 1. The van der Waals surface area contributed by atoms with Crippen LogP contribution in [0.1, 0.15) is 21.6 Å². The van der Waals surface area contributed by atoms with Gasteiger partial charge in [-0.15, -0.1) is 0 Å². The summed E-state index contributed by atoms with van der Waals surface area (Å²) >= 11 is 0. The fourth-order valence-electron chi connectivity index (χ4n) is 2.39. The second kappa shape index (κ2) is 5.94. The minimum atomic E-state index is -5.99. The number of benzene rings is 1. The van der Waals surface area contributed by atoms with Crippen LogP contribution in [0.4, 0.5) is 26.3 Å². The van der Waals surface area contributed by atoms with E-state index < -0.39 is 30.4 Å². The summed E-state index contributed by atoms with van der Waals surface area (Å²) in [7, 11) is 0. The van der Waals surface area contributed by atoms with Gasteiger partial charge >= 0.3 is 12.4 Å². The SMILES string of the molecule is Cc1cc(C)c2cc(C(=O)NCC(O)(C(F)(F)F)C(F)(F)F)[nH]c2c1. The first-order valence-electron chi connectivity index (χ1n) is 7.00. The molecule has 2 rings (SSSR count). The van der Waals surface area contributed by atoms with E-state index in [9.17, 15) is 31.1 Å². The predicted octanol–water partition coefficient (Wildman–Crippen LogP) is 3.37. The Kier molecular flexibility index (Phi) is 4.54. The lowest BCUT2D eigenvalue weighted by Crippen LogP contribution is -2.62. The van der Waals surface area contributed by atoms with E-state index in [0.717, 1.165) is 11.1 Å². The Labute approximate surface area is 137 Å². The third-order valence-corrected chi connectivity index (χ3v) is 3.78. The van der Waals surface area contributed by atoms with Crippen LogP contribution in [-0.4, -0.2) is 40.5 Å². The molecule has 0 aliphatic rings. The lowest BCUT2D eigenvalue weighted by molar-refractivity contribution is -0.364. The van der Waals surface area contributed by atoms with Gasteiger partial charge in [0.05, 0.1) is 6.54 Å². The largest absolute Gasteiger partial charge is 0.428 e. The van der Waals surface area contributed by atoms with Crippen molar-refractivity contribution in [1.29, 1.82) is 0 Å². The number of hydrogen-bond donors (Lipinski definition) is 3. The Morgan fingerprint density at radius 1 is 1.08 bits per heavy atom. The highest BCUT2D eigenvalue weighted by atomic mass is 19.4. The van der Waals surface area contributed by atoms with Crippen LogP contribution in [0.3, 0.4) is 0 Å². The average molecular weight is 368 g/mol. The predicted molar refractivity (Wildman–Crippen MR) is 77.2 cm³/mol. The number of aromatic nitrogens is 1. The first-order chi connectivity index (χ1) is 11.3. The molecule has 1 heterocycles. The summed E-state index contributed by atoms with van der Waals surface area (Å²) in [6.45, 7) is 1.49. The molecule has 0 radical (unpaired) electrons. The number of amides is 1. The standard InChI is InChI=1S/C15H14F6N2O2/c1-7-3-8(2)9-5-11(23-10(9)4-7)12(24)22-6-13(25,14(16,17)18)15(19,20)21/h3-5,23,25H,6H2,1-2H3,(H,22,24). The molecule has 10 heteroatoms. The molecule has 0 fully saturated rings. The monoisotopic (exact) mass is 368 g/mol. The van der Waals surface area contributed by atoms with Crippen molar-refractivity contribution in [2.75, 3.05) is 6.54 Å². The van der Waals surface area contributed by atoms with E-state index in [0.29, 0.717) is 10.9 Å². The second-order valence-corrected chi connectivity index (χ2v) is 5.76. The van der Waals surface area contributed by atoms with Crippen LogP contribution in [0.2, 0.25) is 0 Å². The van der Waals surface area contributed by atoms with Crippen molar-refractivity contribution >= 4 is 16.8 Å². The zero-order valence-corrected chi connectivity index (χ0v) is 13.1. The zero-order chi connectivity index (χ0) is 19.2. The lowest BCUT2D eigenvalue weighted by atomic mass is 10.0. The highest BCUT2D eigenvalue weighted by Gasteiger charge is 2.70. The number of halogens is 6. The van der Waals surface area contributed by atoms with Crippen LogP contribution >= 0.6 is 0 Å². The summed E-state index contributed by atoms with van der Waals surface area (Å²) in [5, 5.41) is 11.1. The van der Waals surface area contributed by atoms with Crippen molar-refractivity contribution in [2.45, 2.75) is 31.8 Å². The fraction of sp³-hybridized carbons (Fsp3) is 0.400. The Balaban J connectivity index is 2.26. The first kappa shape index (κ1) is 19.1. The van der Waals surface area contributed by atoms with Gasteiger partial charge in [0.2, 0.25) is 0 Å². The summed E-state index contributed by atoms with van der Waals surface area (Å²) in [5.74, 6) is -1.19. The van der Waals surface area contributed by atoms with Crippen LogP contribution in [-0.2, 0) is 0 Å². The molecule has 1 amide bonds. The van der Waals surface area contributed by atoms with E-state index in [1.54, 1.807) is 19.9 Å². The molecule has 0 saturated carbocycles. The number of carbonyl (C=O) groups is 1. The maximum Gasteiger partial charge on any atom is 0.428 e. The van der Waals surface area contributed by atoms with Crippen LogP contribution in [0.25, 0.3) is 10.9 Å². The van der Waals surface area contributed by atoms with Gasteiger partial charge in [-0.2, -0.15) is 26.3 Å². The number of hydrogen-bond acceptors (Lipinski definition) is 2. The molecule has 0 aliphatic heterocycles. The molecule has 0 spiro atoms. The van der Waals surface area contributed by atoms with Gasteiger partial charge in [-0.25, -0.2) is 0 Å². The number of fused-ring (bicyclic) bond motifs is 1. The van der Waals surface area contributed by atoms with Crippen molar-refractivity contribution < 1.29 is 36.2 Å². The van der Waals surface area contributed by atoms with Crippen molar-refractivity contribution in [3.8, 4) is 0 Å². The number of rotatable bonds is 3. The van der Waals surface area contributed by atoms with Crippen molar-refractivity contribution in [3.63, 3.8) is 0 Å². The molecule has 3 N–H and O–H groups in total. The molecule has 1 aromatic carbocycles. The first-order valence-corrected chi connectivity index (χ1v) is 7.00. The number of alkyl halides is 6. The van der Waals surface area contributed by atoms with Gasteiger partial charge in [0.1, 0.15) is 5.69 Å². The van der Waals surface area contributed by atoms with E-state index in [-0.39, 0.29) is 5.69 Å². The highest BCUT2D eigenvalue weighted by molar-refractivity contribution is 5.99. The summed E-state index contributed by atoms with van der Waals surface area (Å²) in [6.07, 6.45) is -12.0. The number of H-pyrrole nitrogens is 1. The maximum absolute atomic E-state index is 12.6. The number of aromatic amines is 1. The zero-order valence-electron chi connectivity index (χ0n) is 13.1. The van der Waals surface area contributed by atoms with E-state index in [1.165, 1.54) is 11.4 Å². The van der Waals surface area contributed by atoms with Crippen LogP contribution in [0, 0.1) is 13.8 Å². The minimum Gasteiger partial charge on any atom is -0.372 e. The smallest absolute Gasteiger partial charge is 0.372 e. The minimum absolute atomic E-state index is 0.213. The second-order valence-electron chi connectivity index (χ2n) is 5.76. The molecule has 0 aliphatic carbocycles. The maximum atomic E-state index is 12.6. The third kappa shape index (κ3) is 3.44. The Bertz CT molecular complexity index is 793. The molecule has 138 valence electrons. The molecular weight excluding hydrogens is 354 g/mol. The van der Waals surface area contributed by atoms with Crippen molar-refractivity contribution in [3.05, 3.63) is 35.0 Å². The van der Waals surface area contributed by atoms with Gasteiger partial charge in [-0.1, -0.05) is 6.07 Å². The Morgan fingerprint density at radius 3 is 2.16 bits per heavy atom. The van der Waals surface area contributed by atoms with Gasteiger partial charge in [0, 0.05) is 10.9 Å². The van der Waals surface area contributed by atoms with Gasteiger partial charge < -0.3 is 15.4 Å². The van der Waals surface area contributed by atoms with Gasteiger partial charge in [-0.3, -0.25) is 4.79 Å². The van der Waals surface area contributed by atoms with E-state index >= 15 is 0 Å². The van der Waals surface area contributed by atoms with Crippen LogP contribution in [0.5, 0.6) is 0 Å². The Morgan fingerprint density at radius 2 is 1.64 bits per heavy atom. The molecule has 2 aromatic rings. The normalized spacial score (nSPS) is 13.3. The lowest BCUT2D eigenvalue weighted by Gasteiger charge is -2.32. The summed E-state index contributed by atoms with van der Waals surface area (Å²) in [6, 6.07) is 4.81. The molecule has 25 heavy (non-hydrogen) atoms. The molecule has 0 saturated heterocycles. The molecule has 1 aromatic heterocycles. The van der Waals surface area contributed by atoms with Crippen LogP contribution < -0.4 is 5.32 Å². The summed E-state index contributed by atoms with van der Waals surface area (Å²) in [4.78, 5) is 14.6. The molecule has 0 atom stereocenters. The number of aryl methyl sites for hydroxylation is 2. The van der Waals surface area contributed by atoms with Gasteiger partial charge in [0.15, 0.2) is 0 Å². The highest BCUT2D eigenvalue weighted by Crippen LogP contribution is 2.42. The number of carbonyl (C=O) groups excluding carboxylic acids is 1. The van der Waals surface area contributed by atoms with Crippen LogP contribution in [0.15, 0.2) is 18.2 Å². The summed E-state index contributed by atoms with van der Waals surface area (Å²) in [5.41, 5.74) is -3.08. The van der Waals surface area contributed by atoms with E-state index in [2.05, 4.69) is 4.98 Å². The fourth-order valence-corrected chi connectivity index (χ4v) is 2.39.